The van der Waals surface area contributed by atoms with Crippen LogP contribution in [0.1, 0.15) is 59.8 Å². The summed E-state index contributed by atoms with van der Waals surface area (Å²) in [6.07, 6.45) is 1.36. The van der Waals surface area contributed by atoms with Crippen molar-refractivity contribution in [3.05, 3.63) is 58.7 Å². The van der Waals surface area contributed by atoms with Gasteiger partial charge in [0.1, 0.15) is 4.75 Å². The van der Waals surface area contributed by atoms with Gasteiger partial charge >= 0.3 is 0 Å². The van der Waals surface area contributed by atoms with E-state index in [-0.39, 0.29) is 17.2 Å². The summed E-state index contributed by atoms with van der Waals surface area (Å²) in [6.45, 7) is 9.87. The molecule has 2 aromatic carbocycles. The van der Waals surface area contributed by atoms with Gasteiger partial charge in [0.05, 0.1) is 19.3 Å². The number of nitrogens with one attached hydrogen (secondary N) is 1. The zero-order valence-electron chi connectivity index (χ0n) is 20.1. The third kappa shape index (κ3) is 4.01. The Morgan fingerprint density at radius 2 is 1.82 bits per heavy atom. The Balaban J connectivity index is 1.45. The van der Waals surface area contributed by atoms with Crippen molar-refractivity contribution in [1.82, 2.24) is 0 Å². The number of hydrogen-bond acceptors (Lipinski definition) is 6. The summed E-state index contributed by atoms with van der Waals surface area (Å²) in [4.78, 5) is 15.4. The Morgan fingerprint density at radius 3 is 2.47 bits per heavy atom. The van der Waals surface area contributed by atoms with E-state index in [4.69, 9.17) is 9.88 Å². The topological polar surface area (TPSA) is 102 Å². The lowest BCUT2D eigenvalue weighted by atomic mass is 9.72. The summed E-state index contributed by atoms with van der Waals surface area (Å²) in [5.41, 5.74) is 5.99. The summed E-state index contributed by atoms with van der Waals surface area (Å²) < 4.78 is 28.1. The molecule has 1 saturated heterocycles. The number of ether oxygens (including phenoxy) is 1. The maximum absolute atomic E-state index is 13.0. The molecule has 3 aliphatic rings. The molecule has 0 radical (unpaired) electrons. The number of anilines is 2. The Morgan fingerprint density at radius 1 is 1.12 bits per heavy atom. The van der Waals surface area contributed by atoms with Gasteiger partial charge in [-0.3, -0.25) is 4.79 Å². The normalized spacial score (nSPS) is 23.1. The number of benzene rings is 2. The number of nitrogens with zero attached hydrogens (tertiary/aromatic N) is 1. The van der Waals surface area contributed by atoms with E-state index in [2.05, 4.69) is 49.2 Å². The number of sulfonamides is 1. The van der Waals surface area contributed by atoms with Crippen molar-refractivity contribution in [2.75, 3.05) is 36.5 Å². The molecular formula is C26H33N3O4S. The minimum absolute atomic E-state index is 0.0976. The van der Waals surface area contributed by atoms with Crippen molar-refractivity contribution in [1.29, 1.82) is 0 Å². The van der Waals surface area contributed by atoms with E-state index in [0.717, 1.165) is 44.0 Å². The van der Waals surface area contributed by atoms with Crippen LogP contribution in [0.4, 0.5) is 11.4 Å². The molecule has 3 N–H and O–H groups in total. The molecular weight excluding hydrogens is 450 g/mol. The summed E-state index contributed by atoms with van der Waals surface area (Å²) >= 11 is 0. The van der Waals surface area contributed by atoms with Gasteiger partial charge in [-0.2, -0.15) is 0 Å². The van der Waals surface area contributed by atoms with E-state index in [1.54, 1.807) is 6.07 Å². The van der Waals surface area contributed by atoms with Crippen LogP contribution in [0.2, 0.25) is 0 Å². The van der Waals surface area contributed by atoms with Crippen LogP contribution in [0, 0.1) is 12.3 Å². The van der Waals surface area contributed by atoms with Crippen molar-refractivity contribution >= 4 is 27.2 Å². The summed E-state index contributed by atoms with van der Waals surface area (Å²) in [6, 6.07) is 12.3. The second-order valence-electron chi connectivity index (χ2n) is 10.7. The molecule has 182 valence electrons. The molecule has 0 amide bonds. The van der Waals surface area contributed by atoms with Gasteiger partial charge in [-0.1, -0.05) is 19.9 Å². The largest absolute Gasteiger partial charge is 0.378 e. The van der Waals surface area contributed by atoms with Crippen LogP contribution in [0.5, 0.6) is 0 Å². The number of rotatable bonds is 5. The standard InChI is InChI=1S/C26H33N3O4S/c1-17-12-19(15-21(13-17)29-8-10-33-11-9-29)23-25(2,3)16-20-14-18(4-5-22(20)28-23)24(30)26(6-7-26)34(27,31)32/h4-5,12-15,23,28H,6-11,16H2,1-3H3,(H2,27,31,32). The fraction of sp³-hybridized carbons (Fsp3) is 0.500. The van der Waals surface area contributed by atoms with Crippen LogP contribution in [0.25, 0.3) is 0 Å². The highest BCUT2D eigenvalue weighted by Crippen LogP contribution is 2.48. The molecule has 7 nitrogen and oxygen atoms in total. The van der Waals surface area contributed by atoms with E-state index in [1.807, 2.05) is 12.1 Å². The van der Waals surface area contributed by atoms with E-state index >= 15 is 0 Å². The molecule has 2 fully saturated rings. The third-order valence-corrected chi connectivity index (χ3v) is 9.23. The van der Waals surface area contributed by atoms with Gasteiger partial charge in [0.25, 0.3) is 0 Å². The van der Waals surface area contributed by atoms with Crippen LogP contribution < -0.4 is 15.4 Å². The van der Waals surface area contributed by atoms with Crippen LogP contribution in [0.3, 0.4) is 0 Å². The van der Waals surface area contributed by atoms with Crippen molar-refractivity contribution in [3.8, 4) is 0 Å². The Kier molecular flexibility index (Phi) is 5.54. The maximum Gasteiger partial charge on any atom is 0.222 e. The fourth-order valence-corrected chi connectivity index (χ4v) is 6.53. The number of nitrogens with two attached hydrogens (primary N) is 1. The Bertz CT molecular complexity index is 1240. The minimum atomic E-state index is -3.92. The zero-order valence-corrected chi connectivity index (χ0v) is 20.9. The molecule has 5 rings (SSSR count). The van der Waals surface area contributed by atoms with Crippen LogP contribution >= 0.6 is 0 Å². The summed E-state index contributed by atoms with van der Waals surface area (Å²) in [7, 11) is -3.92. The lowest BCUT2D eigenvalue weighted by Crippen LogP contribution is -2.38. The van der Waals surface area contributed by atoms with Crippen molar-refractivity contribution in [2.45, 2.75) is 50.8 Å². The SMILES string of the molecule is Cc1cc(C2Nc3ccc(C(=O)C4(S(N)(=O)=O)CC4)cc3CC2(C)C)cc(N2CCOCC2)c1. The molecule has 0 spiro atoms. The predicted molar refractivity (Wildman–Crippen MR) is 134 cm³/mol. The van der Waals surface area contributed by atoms with Gasteiger partial charge in [0, 0.05) is 30.0 Å². The molecule has 1 unspecified atom stereocenters. The summed E-state index contributed by atoms with van der Waals surface area (Å²) in [5.74, 6) is -0.383. The van der Waals surface area contributed by atoms with Crippen LogP contribution in [0.15, 0.2) is 36.4 Å². The lowest BCUT2D eigenvalue weighted by Gasteiger charge is -2.42. The average Bonchev–Trinajstić information content (AvgIpc) is 3.59. The molecule has 2 aliphatic heterocycles. The molecule has 0 bridgehead atoms. The van der Waals surface area contributed by atoms with E-state index in [9.17, 15) is 13.2 Å². The van der Waals surface area contributed by atoms with E-state index < -0.39 is 14.8 Å². The molecule has 2 heterocycles. The first kappa shape index (κ1) is 23.3. The number of fused-ring (bicyclic) bond motifs is 1. The smallest absolute Gasteiger partial charge is 0.222 e. The molecule has 34 heavy (non-hydrogen) atoms. The number of aryl methyl sites for hydroxylation is 1. The zero-order chi connectivity index (χ0) is 24.3. The number of morpholine rings is 1. The molecule has 8 heteroatoms. The number of ketones is 1. The number of hydrogen-bond donors (Lipinski definition) is 2. The highest BCUT2D eigenvalue weighted by Gasteiger charge is 2.59. The van der Waals surface area contributed by atoms with Crippen molar-refractivity contribution in [3.63, 3.8) is 0 Å². The third-order valence-electron chi connectivity index (χ3n) is 7.55. The minimum Gasteiger partial charge on any atom is -0.378 e. The summed E-state index contributed by atoms with van der Waals surface area (Å²) in [5, 5.41) is 9.10. The second-order valence-corrected chi connectivity index (χ2v) is 12.6. The fourth-order valence-electron chi connectivity index (χ4n) is 5.48. The lowest BCUT2D eigenvalue weighted by molar-refractivity contribution is 0.0978. The number of carbonyl (C=O) groups is 1. The molecule has 2 aromatic rings. The maximum atomic E-state index is 13.0. The predicted octanol–water partition coefficient (Wildman–Crippen LogP) is 3.57. The molecule has 1 atom stereocenters. The van der Waals surface area contributed by atoms with Crippen molar-refractivity contribution in [2.24, 2.45) is 10.6 Å². The van der Waals surface area contributed by atoms with Crippen LogP contribution in [-0.4, -0.2) is 45.3 Å². The molecule has 1 saturated carbocycles. The first-order valence-electron chi connectivity index (χ1n) is 11.9. The number of carbonyl (C=O) groups excluding carboxylic acids is 1. The Hall–Kier alpha value is -2.42. The first-order chi connectivity index (χ1) is 16.0. The van der Waals surface area contributed by atoms with Crippen LogP contribution in [-0.2, 0) is 21.2 Å². The van der Waals surface area contributed by atoms with Gasteiger partial charge < -0.3 is 15.0 Å². The highest BCUT2D eigenvalue weighted by atomic mass is 32.2. The van der Waals surface area contributed by atoms with Gasteiger partial charge in [-0.05, 0) is 78.6 Å². The van der Waals surface area contributed by atoms with E-state index in [0.29, 0.717) is 18.4 Å². The van der Waals surface area contributed by atoms with Gasteiger partial charge in [-0.25, -0.2) is 13.6 Å². The molecule has 1 aliphatic carbocycles. The van der Waals surface area contributed by atoms with Crippen molar-refractivity contribution < 1.29 is 17.9 Å². The average molecular weight is 484 g/mol. The van der Waals surface area contributed by atoms with Gasteiger partial charge in [0.2, 0.25) is 10.0 Å². The second kappa shape index (κ2) is 8.07. The quantitative estimate of drug-likeness (QED) is 0.631. The number of Topliss-reactive ketones (excluding diaryl/α,β-unsaturated/α-hetero) is 1. The number of primary sulfonamides is 1. The van der Waals surface area contributed by atoms with Gasteiger partial charge in [-0.15, -0.1) is 0 Å². The Labute approximate surface area is 201 Å². The molecule has 0 aromatic heterocycles. The van der Waals surface area contributed by atoms with E-state index in [1.165, 1.54) is 16.8 Å². The van der Waals surface area contributed by atoms with Gasteiger partial charge in [0.15, 0.2) is 5.78 Å². The first-order valence-corrected chi connectivity index (χ1v) is 13.5. The monoisotopic (exact) mass is 483 g/mol. The highest BCUT2D eigenvalue weighted by molar-refractivity contribution is 7.91.